The van der Waals surface area contributed by atoms with Crippen LogP contribution in [0.5, 0.6) is 0 Å². The lowest BCUT2D eigenvalue weighted by Crippen LogP contribution is -2.31. The lowest BCUT2D eigenvalue weighted by atomic mass is 9.71. The molecule has 1 saturated carbocycles. The second-order valence-electron chi connectivity index (χ2n) is 7.53. The number of hydrogen-bond acceptors (Lipinski definition) is 3. The van der Waals surface area contributed by atoms with Crippen molar-refractivity contribution < 1.29 is 14.6 Å². The van der Waals surface area contributed by atoms with E-state index >= 15 is 0 Å². The van der Waals surface area contributed by atoms with Crippen LogP contribution in [0.4, 0.5) is 0 Å². The van der Waals surface area contributed by atoms with Crippen molar-refractivity contribution in [2.24, 2.45) is 11.3 Å². The molecule has 1 aliphatic rings. The molecule has 1 aliphatic carbocycles. The number of benzene rings is 1. The Morgan fingerprint density at radius 3 is 2.48 bits per heavy atom. The molecule has 0 heterocycles. The van der Waals surface area contributed by atoms with Crippen LogP contribution in [0.1, 0.15) is 75.7 Å². The zero-order chi connectivity index (χ0) is 16.9. The summed E-state index contributed by atoms with van der Waals surface area (Å²) in [7, 11) is 0. The van der Waals surface area contributed by atoms with E-state index in [9.17, 15) is 4.79 Å². The van der Waals surface area contributed by atoms with Gasteiger partial charge in [0.15, 0.2) is 6.10 Å². The van der Waals surface area contributed by atoms with Crippen LogP contribution in [0.15, 0.2) is 24.3 Å². The first kappa shape index (κ1) is 18.0. The Morgan fingerprint density at radius 2 is 1.87 bits per heavy atom. The van der Waals surface area contributed by atoms with Gasteiger partial charge in [-0.15, -0.1) is 0 Å². The molecule has 1 fully saturated rings. The summed E-state index contributed by atoms with van der Waals surface area (Å²) < 4.78 is 0. The van der Waals surface area contributed by atoms with Crippen molar-refractivity contribution >= 4 is 5.97 Å². The smallest absolute Gasteiger partial charge is 0.292 e. The molecule has 1 aromatic carbocycles. The predicted octanol–water partition coefficient (Wildman–Crippen LogP) is 5.50. The molecule has 23 heavy (non-hydrogen) atoms. The quantitative estimate of drug-likeness (QED) is 0.531. The average molecular weight is 317 g/mol. The van der Waals surface area contributed by atoms with Gasteiger partial charge in [-0.1, -0.05) is 59.1 Å². The zero-order valence-corrected chi connectivity index (χ0v) is 14.9. The second kappa shape index (κ2) is 7.96. The number of rotatable bonds is 5. The first-order valence-corrected chi connectivity index (χ1v) is 8.75. The Labute approximate surface area is 140 Å². The van der Waals surface area contributed by atoms with Gasteiger partial charge in [0.05, 0.1) is 5.56 Å². The van der Waals surface area contributed by atoms with Crippen molar-refractivity contribution in [3.05, 3.63) is 41.5 Å². The topological polar surface area (TPSA) is 35.5 Å². The molecule has 0 bridgehead atoms. The van der Waals surface area contributed by atoms with Gasteiger partial charge in [-0.3, -0.25) is 4.89 Å². The molecule has 0 aliphatic heterocycles. The van der Waals surface area contributed by atoms with Gasteiger partial charge in [-0.05, 0) is 42.4 Å². The van der Waals surface area contributed by atoms with Gasteiger partial charge in [-0.2, -0.15) is 4.89 Å². The molecule has 1 atom stereocenters. The molecule has 0 N–H and O–H groups in total. The van der Waals surface area contributed by atoms with Gasteiger partial charge in [0, 0.05) is 5.92 Å². The molecule has 1 aromatic rings. The highest BCUT2D eigenvalue weighted by Crippen LogP contribution is 2.43. The fourth-order valence-corrected chi connectivity index (χ4v) is 3.23. The van der Waals surface area contributed by atoms with Crippen LogP contribution in [-0.4, -0.2) is 5.97 Å². The van der Waals surface area contributed by atoms with Crippen LogP contribution in [-0.2, 0) is 16.2 Å². The first-order chi connectivity index (χ1) is 10.9. The normalized spacial score (nSPS) is 19.6. The highest BCUT2D eigenvalue weighted by atomic mass is 17.2. The second-order valence-corrected chi connectivity index (χ2v) is 7.53. The largest absolute Gasteiger partial charge is 0.373 e. The maximum absolute atomic E-state index is 12.2. The van der Waals surface area contributed by atoms with E-state index in [4.69, 9.17) is 9.78 Å². The summed E-state index contributed by atoms with van der Waals surface area (Å²) >= 11 is 0. The molecule has 0 spiro atoms. The summed E-state index contributed by atoms with van der Waals surface area (Å²) in [5, 5.41) is 0. The van der Waals surface area contributed by atoms with Gasteiger partial charge in [-0.25, -0.2) is 4.79 Å². The standard InChI is InChI=1S/C20H29O3/c1-5-8-15-11-13-16(14-12-15)19(21)23-22-18-10-7-6-9-17(18)20(2,3)4/h11-14,17H,5-10H2,1-4H3. The summed E-state index contributed by atoms with van der Waals surface area (Å²) in [5.41, 5.74) is 1.90. The number of carbonyl (C=O) groups excluding carboxylic acids is 1. The highest BCUT2D eigenvalue weighted by molar-refractivity contribution is 5.88. The van der Waals surface area contributed by atoms with Gasteiger partial charge in [0.2, 0.25) is 0 Å². The van der Waals surface area contributed by atoms with E-state index in [0.717, 1.165) is 38.2 Å². The highest BCUT2D eigenvalue weighted by Gasteiger charge is 2.37. The fourth-order valence-electron chi connectivity index (χ4n) is 3.23. The monoisotopic (exact) mass is 317 g/mol. The lowest BCUT2D eigenvalue weighted by Gasteiger charge is -2.37. The van der Waals surface area contributed by atoms with E-state index in [2.05, 4.69) is 27.7 Å². The van der Waals surface area contributed by atoms with Crippen LogP contribution in [0.2, 0.25) is 0 Å². The predicted molar refractivity (Wildman–Crippen MR) is 91.6 cm³/mol. The van der Waals surface area contributed by atoms with Gasteiger partial charge < -0.3 is 0 Å². The van der Waals surface area contributed by atoms with Crippen molar-refractivity contribution in [2.75, 3.05) is 0 Å². The maximum atomic E-state index is 12.2. The Hall–Kier alpha value is -1.35. The van der Waals surface area contributed by atoms with Gasteiger partial charge in [0.25, 0.3) is 0 Å². The summed E-state index contributed by atoms with van der Waals surface area (Å²) in [4.78, 5) is 22.8. The molecular formula is C20H29O3. The van der Waals surface area contributed by atoms with Crippen LogP contribution in [0, 0.1) is 17.4 Å². The van der Waals surface area contributed by atoms with E-state index in [1.165, 1.54) is 12.0 Å². The molecule has 2 rings (SSSR count). The van der Waals surface area contributed by atoms with E-state index in [1.807, 2.05) is 24.3 Å². The number of carbonyl (C=O) groups is 1. The van der Waals surface area contributed by atoms with Crippen molar-refractivity contribution in [2.45, 2.75) is 66.2 Å². The van der Waals surface area contributed by atoms with Crippen molar-refractivity contribution in [1.82, 2.24) is 0 Å². The summed E-state index contributed by atoms with van der Waals surface area (Å²) in [6, 6.07) is 7.57. The third kappa shape index (κ3) is 5.07. The van der Waals surface area contributed by atoms with E-state index in [-0.39, 0.29) is 5.41 Å². The van der Waals surface area contributed by atoms with Gasteiger partial charge >= 0.3 is 5.97 Å². The Morgan fingerprint density at radius 1 is 1.17 bits per heavy atom. The van der Waals surface area contributed by atoms with Crippen molar-refractivity contribution in [3.63, 3.8) is 0 Å². The molecular weight excluding hydrogens is 288 g/mol. The summed E-state index contributed by atoms with van der Waals surface area (Å²) in [5.74, 6) is -0.0743. The van der Waals surface area contributed by atoms with Crippen LogP contribution >= 0.6 is 0 Å². The van der Waals surface area contributed by atoms with Gasteiger partial charge in [0.1, 0.15) is 0 Å². The van der Waals surface area contributed by atoms with Crippen LogP contribution < -0.4 is 0 Å². The molecule has 3 nitrogen and oxygen atoms in total. The summed E-state index contributed by atoms with van der Waals surface area (Å²) in [6.07, 6.45) is 7.33. The van der Waals surface area contributed by atoms with Crippen LogP contribution in [0.25, 0.3) is 0 Å². The van der Waals surface area contributed by atoms with E-state index in [0.29, 0.717) is 11.5 Å². The average Bonchev–Trinajstić information content (AvgIpc) is 2.53. The van der Waals surface area contributed by atoms with Crippen LogP contribution in [0.3, 0.4) is 0 Å². The Kier molecular flexibility index (Phi) is 6.23. The summed E-state index contributed by atoms with van der Waals surface area (Å²) in [6.45, 7) is 8.77. The van der Waals surface area contributed by atoms with Crippen molar-refractivity contribution in [1.29, 1.82) is 0 Å². The molecule has 1 unspecified atom stereocenters. The zero-order valence-electron chi connectivity index (χ0n) is 14.9. The third-order valence-electron chi connectivity index (χ3n) is 4.55. The minimum atomic E-state index is -0.418. The third-order valence-corrected chi connectivity index (χ3v) is 4.55. The molecule has 3 heteroatoms. The van der Waals surface area contributed by atoms with E-state index < -0.39 is 5.97 Å². The molecule has 0 aromatic heterocycles. The minimum absolute atomic E-state index is 0.129. The Balaban J connectivity index is 1.92. The fraction of sp³-hybridized carbons (Fsp3) is 0.600. The maximum Gasteiger partial charge on any atom is 0.373 e. The molecule has 0 amide bonds. The SMILES string of the molecule is CCCc1ccc(C(=O)OO[C]2CCCCC2C(C)(C)C)cc1. The molecule has 0 saturated heterocycles. The number of aryl methyl sites for hydroxylation is 1. The molecule has 1 radical (unpaired) electrons. The first-order valence-electron chi connectivity index (χ1n) is 8.75. The van der Waals surface area contributed by atoms with Crippen molar-refractivity contribution in [3.8, 4) is 0 Å². The Bertz CT molecular complexity index is 499. The number of hydrogen-bond donors (Lipinski definition) is 0. The minimum Gasteiger partial charge on any atom is -0.292 e. The molecule has 127 valence electrons. The lowest BCUT2D eigenvalue weighted by molar-refractivity contribution is -0.252. The van der Waals surface area contributed by atoms with E-state index in [1.54, 1.807) is 0 Å².